The summed E-state index contributed by atoms with van der Waals surface area (Å²) in [6.07, 6.45) is -0.657. The molecule has 39 valence electrons. The van der Waals surface area contributed by atoms with Crippen LogP contribution in [0, 0.1) is 0 Å². The molecule has 3 nitrogen and oxygen atoms in total. The second-order valence-corrected chi connectivity index (χ2v) is 0.658. The first-order chi connectivity index (χ1) is 2.81. The minimum absolute atomic E-state index is 0. The fourth-order valence-corrected chi connectivity index (χ4v) is 0.0833. The summed E-state index contributed by atoms with van der Waals surface area (Å²) in [5.41, 5.74) is 0. The van der Waals surface area contributed by atoms with Gasteiger partial charge in [-0.25, -0.2) is 4.79 Å². The quantitative estimate of drug-likeness (QED) is 0.318. The number of methoxy groups -OCH3 is 2. The summed E-state index contributed by atoms with van der Waals surface area (Å²) in [4.78, 5) is 9.74. The van der Waals surface area contributed by atoms with Crippen LogP contribution in [0.3, 0.4) is 0 Å². The van der Waals surface area contributed by atoms with Crippen LogP contribution in [0.4, 0.5) is 4.79 Å². The number of ether oxygens (including phenoxy) is 2. The van der Waals surface area contributed by atoms with Gasteiger partial charge in [0.05, 0.1) is 14.2 Å². The van der Waals surface area contributed by atoms with Crippen molar-refractivity contribution in [2.75, 3.05) is 14.2 Å². The Kier molecular flexibility index (Phi) is 7.31. The van der Waals surface area contributed by atoms with Gasteiger partial charge in [0, 0.05) is 8.41 Å². The van der Waals surface area contributed by atoms with Crippen molar-refractivity contribution < 1.29 is 14.3 Å². The number of carbonyl (C=O) groups excluding carboxylic acids is 1. The topological polar surface area (TPSA) is 35.5 Å². The Bertz CT molecular complexity index is 48.1. The molecule has 0 amide bonds. The van der Waals surface area contributed by atoms with Crippen molar-refractivity contribution in [2.45, 2.75) is 0 Å². The Labute approximate surface area is 44.2 Å². The van der Waals surface area contributed by atoms with Gasteiger partial charge in [-0.1, -0.05) is 0 Å². The summed E-state index contributed by atoms with van der Waals surface area (Å²) < 4.78 is 8.08. The lowest BCUT2D eigenvalue weighted by Gasteiger charge is -1.89. The van der Waals surface area contributed by atoms with Gasteiger partial charge in [-0.3, -0.25) is 0 Å². The highest BCUT2D eigenvalue weighted by atomic mass is 16.7. The Morgan fingerprint density at radius 3 is 1.57 bits per heavy atom. The van der Waals surface area contributed by atoms with E-state index in [0.717, 1.165) is 0 Å². The normalized spacial score (nSPS) is 6.00. The summed E-state index contributed by atoms with van der Waals surface area (Å²) in [5.74, 6) is 0. The third-order valence-corrected chi connectivity index (χ3v) is 0.333. The second-order valence-electron chi connectivity index (χ2n) is 0.658. The van der Waals surface area contributed by atoms with E-state index in [1.807, 2.05) is 0 Å². The maximum absolute atomic E-state index is 9.74. The maximum atomic E-state index is 9.74. The van der Waals surface area contributed by atoms with Gasteiger partial charge in [0.25, 0.3) is 0 Å². The predicted molar refractivity (Wildman–Crippen MR) is 25.2 cm³/mol. The molecule has 0 rings (SSSR count). The van der Waals surface area contributed by atoms with E-state index in [1.54, 1.807) is 0 Å². The zero-order valence-electron chi connectivity index (χ0n) is 4.30. The molecule has 0 aromatic carbocycles. The number of carbonyl (C=O) groups is 1. The highest BCUT2D eigenvalue weighted by Crippen LogP contribution is 1.72. The van der Waals surface area contributed by atoms with Crippen molar-refractivity contribution in [2.24, 2.45) is 0 Å². The molecule has 0 atom stereocenters. The summed E-state index contributed by atoms with van der Waals surface area (Å²) in [6, 6.07) is 0. The van der Waals surface area contributed by atoms with Gasteiger partial charge in [0.1, 0.15) is 0 Å². The highest BCUT2D eigenvalue weighted by Gasteiger charge is 1.88. The van der Waals surface area contributed by atoms with E-state index in [0.29, 0.717) is 0 Å². The van der Waals surface area contributed by atoms with Crippen LogP contribution in [0.1, 0.15) is 0 Å². The van der Waals surface area contributed by atoms with E-state index in [1.165, 1.54) is 14.2 Å². The zero-order chi connectivity index (χ0) is 4.99. The molecular formula is C3H6BO3. The van der Waals surface area contributed by atoms with Gasteiger partial charge in [-0.15, -0.1) is 0 Å². The molecule has 0 saturated heterocycles. The average molecular weight is 101 g/mol. The molecule has 0 spiro atoms. The van der Waals surface area contributed by atoms with Crippen molar-refractivity contribution >= 4 is 14.6 Å². The molecule has 0 heterocycles. The summed E-state index contributed by atoms with van der Waals surface area (Å²) in [5, 5.41) is 0. The largest absolute Gasteiger partial charge is 0.507 e. The van der Waals surface area contributed by atoms with E-state index < -0.39 is 6.16 Å². The van der Waals surface area contributed by atoms with Gasteiger partial charge in [0.15, 0.2) is 0 Å². The van der Waals surface area contributed by atoms with Crippen LogP contribution in [0.15, 0.2) is 0 Å². The van der Waals surface area contributed by atoms with Crippen molar-refractivity contribution in [3.05, 3.63) is 0 Å². The van der Waals surface area contributed by atoms with Crippen molar-refractivity contribution in [1.82, 2.24) is 0 Å². The van der Waals surface area contributed by atoms with E-state index in [4.69, 9.17) is 0 Å². The summed E-state index contributed by atoms with van der Waals surface area (Å²) in [6.45, 7) is 0. The monoisotopic (exact) mass is 101 g/mol. The zero-order valence-corrected chi connectivity index (χ0v) is 4.30. The third-order valence-electron chi connectivity index (χ3n) is 0.333. The number of rotatable bonds is 0. The molecule has 3 radical (unpaired) electrons. The van der Waals surface area contributed by atoms with Crippen LogP contribution in [0.5, 0.6) is 0 Å². The highest BCUT2D eigenvalue weighted by molar-refractivity contribution is 5.75. The van der Waals surface area contributed by atoms with Gasteiger partial charge in [-0.2, -0.15) is 0 Å². The molecule has 0 unspecified atom stereocenters. The Morgan fingerprint density at radius 2 is 1.57 bits per heavy atom. The Hall–Kier alpha value is -0.665. The van der Waals surface area contributed by atoms with Crippen molar-refractivity contribution in [3.63, 3.8) is 0 Å². The fraction of sp³-hybridized carbons (Fsp3) is 0.667. The first kappa shape index (κ1) is 9.59. The molecule has 0 aliphatic rings. The van der Waals surface area contributed by atoms with Gasteiger partial charge >= 0.3 is 6.16 Å². The van der Waals surface area contributed by atoms with Crippen molar-refractivity contribution in [1.29, 1.82) is 0 Å². The minimum Gasteiger partial charge on any atom is -0.438 e. The Balaban J connectivity index is 0. The molecule has 7 heavy (non-hydrogen) atoms. The van der Waals surface area contributed by atoms with Gasteiger partial charge in [-0.05, 0) is 0 Å². The summed E-state index contributed by atoms with van der Waals surface area (Å²) >= 11 is 0. The van der Waals surface area contributed by atoms with Crippen LogP contribution >= 0.6 is 0 Å². The van der Waals surface area contributed by atoms with Crippen LogP contribution in [-0.4, -0.2) is 28.8 Å². The molecule has 0 aromatic heterocycles. The van der Waals surface area contributed by atoms with Crippen LogP contribution < -0.4 is 0 Å². The maximum Gasteiger partial charge on any atom is 0.507 e. The molecule has 0 saturated carbocycles. The number of hydrogen-bond acceptors (Lipinski definition) is 3. The fourth-order valence-electron chi connectivity index (χ4n) is 0.0833. The predicted octanol–water partition coefficient (Wildman–Crippen LogP) is 0.0184. The van der Waals surface area contributed by atoms with Crippen LogP contribution in [-0.2, 0) is 9.47 Å². The average Bonchev–Trinajstić information content (AvgIpc) is 1.65. The van der Waals surface area contributed by atoms with E-state index in [-0.39, 0.29) is 8.41 Å². The smallest absolute Gasteiger partial charge is 0.438 e. The van der Waals surface area contributed by atoms with Crippen LogP contribution in [0.2, 0.25) is 0 Å². The first-order valence-corrected chi connectivity index (χ1v) is 1.43. The molecule has 0 N–H and O–H groups in total. The minimum atomic E-state index is -0.657. The lowest BCUT2D eigenvalue weighted by molar-refractivity contribution is 0.0924. The lowest BCUT2D eigenvalue weighted by Crippen LogP contribution is -1.97. The van der Waals surface area contributed by atoms with E-state index in [9.17, 15) is 4.79 Å². The molecule has 0 bridgehead atoms. The van der Waals surface area contributed by atoms with E-state index >= 15 is 0 Å². The first-order valence-electron chi connectivity index (χ1n) is 1.43. The third kappa shape index (κ3) is 5.33. The molecule has 0 fully saturated rings. The number of hydrogen-bond donors (Lipinski definition) is 0. The molecular weight excluding hydrogens is 94.8 g/mol. The molecule has 0 aliphatic heterocycles. The lowest BCUT2D eigenvalue weighted by atomic mass is 10.8. The molecule has 4 heteroatoms. The molecule has 0 aliphatic carbocycles. The van der Waals surface area contributed by atoms with Gasteiger partial charge < -0.3 is 9.47 Å². The second kappa shape index (κ2) is 5.33. The standard InChI is InChI=1S/C3H6O3.B/c1-5-3(4)6-2;/h1-2H3;. The molecule has 0 aromatic rings. The van der Waals surface area contributed by atoms with E-state index in [2.05, 4.69) is 9.47 Å². The van der Waals surface area contributed by atoms with Crippen LogP contribution in [0.25, 0.3) is 0 Å². The summed E-state index contributed by atoms with van der Waals surface area (Å²) in [7, 11) is 2.51. The Morgan fingerprint density at radius 1 is 1.29 bits per heavy atom. The van der Waals surface area contributed by atoms with Gasteiger partial charge in [0.2, 0.25) is 0 Å². The SMILES string of the molecule is COC(=O)OC.[B]. The van der Waals surface area contributed by atoms with Crippen molar-refractivity contribution in [3.8, 4) is 0 Å².